The summed E-state index contributed by atoms with van der Waals surface area (Å²) in [5.74, 6) is -1.19. The minimum atomic E-state index is -1.19. The number of carboxylic acids is 1. The molecule has 0 saturated carbocycles. The third kappa shape index (κ3) is 1.90. The molecule has 0 spiro atoms. The van der Waals surface area contributed by atoms with Gasteiger partial charge >= 0.3 is 5.97 Å². The molecule has 13 heavy (non-hydrogen) atoms. The summed E-state index contributed by atoms with van der Waals surface area (Å²) in [6.45, 7) is 0. The van der Waals surface area contributed by atoms with E-state index in [1.54, 1.807) is 0 Å². The molecule has 0 aliphatic carbocycles. The lowest BCUT2D eigenvalue weighted by atomic mass is 10.3. The van der Waals surface area contributed by atoms with Crippen molar-refractivity contribution in [3.8, 4) is 0 Å². The van der Waals surface area contributed by atoms with Crippen LogP contribution >= 0.6 is 34.8 Å². The average Bonchev–Trinajstić information content (AvgIpc) is 2.28. The van der Waals surface area contributed by atoms with Crippen molar-refractivity contribution in [3.05, 3.63) is 16.4 Å². The average molecular weight is 243 g/mol. The van der Waals surface area contributed by atoms with Gasteiger partial charge in [0.1, 0.15) is 16.4 Å². The number of rotatable bonds is 2. The lowest BCUT2D eigenvalue weighted by molar-refractivity contribution is 0.0696. The molecule has 1 N–H and O–H groups in total. The number of halogens is 3. The van der Waals surface area contributed by atoms with Gasteiger partial charge in [-0.25, -0.2) is 4.79 Å². The molecule has 0 atom stereocenters. The Bertz CT molecular complexity index is 348. The maximum atomic E-state index is 10.7. The predicted molar refractivity (Wildman–Crippen MR) is 49.6 cm³/mol. The predicted octanol–water partition coefficient (Wildman–Crippen LogP) is 2.25. The highest BCUT2D eigenvalue weighted by molar-refractivity contribution is 6.44. The van der Waals surface area contributed by atoms with E-state index in [4.69, 9.17) is 39.9 Å². The largest absolute Gasteiger partial charge is 0.478 e. The van der Waals surface area contributed by atoms with Crippen LogP contribution < -0.4 is 0 Å². The molecule has 0 unspecified atom stereocenters. The molecule has 0 radical (unpaired) electrons. The molecule has 1 heterocycles. The number of aromatic nitrogens is 2. The second-order valence-electron chi connectivity index (χ2n) is 2.28. The molecular weight excluding hydrogens is 238 g/mol. The molecule has 1 aromatic rings. The first kappa shape index (κ1) is 10.6. The van der Waals surface area contributed by atoms with Crippen LogP contribution in [-0.2, 0) is 7.05 Å². The summed E-state index contributed by atoms with van der Waals surface area (Å²) in [7, 11) is 1.51. The fourth-order valence-electron chi connectivity index (χ4n) is 0.874. The number of alkyl halides is 2. The van der Waals surface area contributed by atoms with Gasteiger partial charge < -0.3 is 5.11 Å². The van der Waals surface area contributed by atoms with Crippen LogP contribution in [0.15, 0.2) is 0 Å². The maximum absolute atomic E-state index is 10.7. The Morgan fingerprint density at radius 1 is 1.62 bits per heavy atom. The van der Waals surface area contributed by atoms with Gasteiger partial charge in [0.2, 0.25) is 0 Å². The van der Waals surface area contributed by atoms with Gasteiger partial charge in [-0.1, -0.05) is 34.8 Å². The molecule has 72 valence electrons. The number of carbonyl (C=O) groups is 1. The van der Waals surface area contributed by atoms with E-state index in [2.05, 4.69) is 5.10 Å². The molecule has 4 nitrogen and oxygen atoms in total. The molecule has 1 aromatic heterocycles. The van der Waals surface area contributed by atoms with Gasteiger partial charge in [0.05, 0.1) is 0 Å². The second kappa shape index (κ2) is 3.74. The van der Waals surface area contributed by atoms with Gasteiger partial charge in [0.25, 0.3) is 0 Å². The third-order valence-corrected chi connectivity index (χ3v) is 2.27. The van der Waals surface area contributed by atoms with E-state index in [9.17, 15) is 4.79 Å². The quantitative estimate of drug-likeness (QED) is 0.811. The molecule has 1 rings (SSSR count). The monoisotopic (exact) mass is 242 g/mol. The van der Waals surface area contributed by atoms with E-state index in [0.717, 1.165) is 0 Å². The van der Waals surface area contributed by atoms with E-state index in [0.29, 0.717) is 0 Å². The summed E-state index contributed by atoms with van der Waals surface area (Å²) in [5.41, 5.74) is -0.0949. The Balaban J connectivity index is 3.35. The van der Waals surface area contributed by atoms with E-state index in [1.165, 1.54) is 11.7 Å². The van der Waals surface area contributed by atoms with Crippen molar-refractivity contribution >= 4 is 40.8 Å². The van der Waals surface area contributed by atoms with E-state index in [1.807, 2.05) is 0 Å². The Morgan fingerprint density at radius 2 is 2.15 bits per heavy atom. The Labute approximate surface area is 89.0 Å². The fourth-order valence-corrected chi connectivity index (χ4v) is 1.39. The van der Waals surface area contributed by atoms with Crippen molar-refractivity contribution in [1.29, 1.82) is 0 Å². The van der Waals surface area contributed by atoms with Crippen molar-refractivity contribution in [1.82, 2.24) is 9.78 Å². The third-order valence-electron chi connectivity index (χ3n) is 1.42. The van der Waals surface area contributed by atoms with Crippen molar-refractivity contribution in [2.75, 3.05) is 0 Å². The van der Waals surface area contributed by atoms with Gasteiger partial charge in [-0.2, -0.15) is 5.10 Å². The normalized spacial score (nSPS) is 10.8. The molecule has 0 saturated heterocycles. The molecular formula is C6H5Cl3N2O2. The topological polar surface area (TPSA) is 55.1 Å². The van der Waals surface area contributed by atoms with Crippen LogP contribution in [0.4, 0.5) is 0 Å². The Hall–Kier alpha value is -0.450. The molecule has 7 heteroatoms. The minimum Gasteiger partial charge on any atom is -0.478 e. The van der Waals surface area contributed by atoms with Gasteiger partial charge in [0.15, 0.2) is 4.84 Å². The number of aromatic carboxylic acids is 1. The van der Waals surface area contributed by atoms with Crippen LogP contribution in [0, 0.1) is 0 Å². The summed E-state index contributed by atoms with van der Waals surface area (Å²) in [5, 5.41) is 12.5. The van der Waals surface area contributed by atoms with Crippen LogP contribution in [0.5, 0.6) is 0 Å². The number of carboxylic acid groups (broad SMARTS) is 1. The van der Waals surface area contributed by atoms with Crippen molar-refractivity contribution < 1.29 is 9.90 Å². The molecule has 0 fully saturated rings. The van der Waals surface area contributed by atoms with E-state index >= 15 is 0 Å². The van der Waals surface area contributed by atoms with Gasteiger partial charge in [-0.3, -0.25) is 4.68 Å². The molecule has 0 bridgehead atoms. The van der Waals surface area contributed by atoms with Gasteiger partial charge in [-0.15, -0.1) is 0 Å². The van der Waals surface area contributed by atoms with Crippen LogP contribution in [-0.4, -0.2) is 20.9 Å². The van der Waals surface area contributed by atoms with E-state index < -0.39 is 10.8 Å². The lowest BCUT2D eigenvalue weighted by Gasteiger charge is -1.96. The highest BCUT2D eigenvalue weighted by Gasteiger charge is 2.24. The molecule has 0 aliphatic heterocycles. The zero-order chi connectivity index (χ0) is 10.2. The van der Waals surface area contributed by atoms with Crippen molar-refractivity contribution in [3.63, 3.8) is 0 Å². The van der Waals surface area contributed by atoms with E-state index in [-0.39, 0.29) is 16.4 Å². The van der Waals surface area contributed by atoms with Crippen molar-refractivity contribution in [2.45, 2.75) is 4.84 Å². The number of hydrogen-bond donors (Lipinski definition) is 1. The van der Waals surface area contributed by atoms with Crippen LogP contribution in [0.2, 0.25) is 5.15 Å². The highest BCUT2D eigenvalue weighted by atomic mass is 35.5. The standard InChI is InChI=1S/C6H5Cl3N2O2/c1-11-5(9)2(6(12)13)3(10-11)4(7)8/h4H,1H3,(H,12,13). The summed E-state index contributed by atoms with van der Waals surface area (Å²) < 4.78 is 1.21. The van der Waals surface area contributed by atoms with Crippen LogP contribution in [0.1, 0.15) is 20.9 Å². The summed E-state index contributed by atoms with van der Waals surface area (Å²) >= 11 is 16.7. The fraction of sp³-hybridized carbons (Fsp3) is 0.333. The van der Waals surface area contributed by atoms with Gasteiger partial charge in [0, 0.05) is 7.05 Å². The van der Waals surface area contributed by atoms with Gasteiger partial charge in [-0.05, 0) is 0 Å². The molecule has 0 aliphatic rings. The Kier molecular flexibility index (Phi) is 3.05. The first-order valence-electron chi connectivity index (χ1n) is 3.19. The minimum absolute atomic E-state index is 0.00815. The smallest absolute Gasteiger partial charge is 0.340 e. The zero-order valence-electron chi connectivity index (χ0n) is 6.46. The van der Waals surface area contributed by atoms with Crippen LogP contribution in [0.3, 0.4) is 0 Å². The summed E-state index contributed by atoms with van der Waals surface area (Å²) in [6, 6.07) is 0. The molecule has 0 aromatic carbocycles. The van der Waals surface area contributed by atoms with Crippen molar-refractivity contribution in [2.24, 2.45) is 7.05 Å². The highest BCUT2D eigenvalue weighted by Crippen LogP contribution is 2.30. The van der Waals surface area contributed by atoms with Crippen LogP contribution in [0.25, 0.3) is 0 Å². The summed E-state index contributed by atoms with van der Waals surface area (Å²) in [6.07, 6.45) is 0. The first-order valence-corrected chi connectivity index (χ1v) is 4.44. The number of hydrogen-bond acceptors (Lipinski definition) is 2. The molecule has 0 amide bonds. The lowest BCUT2D eigenvalue weighted by Crippen LogP contribution is -2.00. The zero-order valence-corrected chi connectivity index (χ0v) is 8.73. The number of aryl methyl sites for hydroxylation is 1. The Morgan fingerprint density at radius 3 is 2.46 bits per heavy atom. The SMILES string of the molecule is Cn1nc(C(Cl)Cl)c(C(=O)O)c1Cl. The number of nitrogens with zero attached hydrogens (tertiary/aromatic N) is 2. The maximum Gasteiger partial charge on any atom is 0.340 e. The summed E-state index contributed by atoms with van der Waals surface area (Å²) in [4.78, 5) is 9.71. The first-order chi connectivity index (χ1) is 5.95. The second-order valence-corrected chi connectivity index (χ2v) is 3.73.